The Hall–Kier alpha value is -0.890. The SMILES string of the molecule is CN(C)C(=O)CN1CCC(NCC(F)(F)C(F)F)CC1. The molecular formula is C12H21F4N3O. The van der Waals surface area contributed by atoms with Crippen LogP contribution in [0.3, 0.4) is 0 Å². The molecule has 0 bridgehead atoms. The highest BCUT2D eigenvalue weighted by Crippen LogP contribution is 2.22. The van der Waals surface area contributed by atoms with E-state index in [1.165, 1.54) is 4.90 Å². The summed E-state index contributed by atoms with van der Waals surface area (Å²) in [6, 6.07) is -0.203. The first-order valence-corrected chi connectivity index (χ1v) is 6.54. The molecule has 0 aromatic heterocycles. The van der Waals surface area contributed by atoms with Gasteiger partial charge in [-0.25, -0.2) is 8.78 Å². The molecule has 0 atom stereocenters. The van der Waals surface area contributed by atoms with E-state index in [0.29, 0.717) is 32.5 Å². The lowest BCUT2D eigenvalue weighted by Gasteiger charge is -2.33. The van der Waals surface area contributed by atoms with E-state index in [9.17, 15) is 22.4 Å². The van der Waals surface area contributed by atoms with Gasteiger partial charge in [0, 0.05) is 33.2 Å². The fraction of sp³-hybridized carbons (Fsp3) is 0.917. The molecule has 20 heavy (non-hydrogen) atoms. The number of piperidine rings is 1. The topological polar surface area (TPSA) is 35.6 Å². The van der Waals surface area contributed by atoms with Gasteiger partial charge in [-0.2, -0.15) is 8.78 Å². The van der Waals surface area contributed by atoms with Crippen molar-refractivity contribution in [3.63, 3.8) is 0 Å². The minimum Gasteiger partial charge on any atom is -0.348 e. The highest BCUT2D eigenvalue weighted by Gasteiger charge is 2.40. The first kappa shape index (κ1) is 17.2. The minimum absolute atomic E-state index is 0.0133. The maximum absolute atomic E-state index is 12.8. The number of carbonyl (C=O) groups is 1. The molecule has 118 valence electrons. The van der Waals surface area contributed by atoms with Crippen molar-refractivity contribution in [2.45, 2.75) is 31.2 Å². The Kier molecular flexibility index (Phi) is 6.19. The Morgan fingerprint density at radius 3 is 2.35 bits per heavy atom. The van der Waals surface area contributed by atoms with E-state index < -0.39 is 18.9 Å². The second-order valence-electron chi connectivity index (χ2n) is 5.28. The number of hydrogen-bond donors (Lipinski definition) is 1. The lowest BCUT2D eigenvalue weighted by molar-refractivity contribution is -0.130. The lowest BCUT2D eigenvalue weighted by atomic mass is 10.0. The molecule has 1 aliphatic rings. The quantitative estimate of drug-likeness (QED) is 0.744. The van der Waals surface area contributed by atoms with Crippen LogP contribution < -0.4 is 5.32 Å². The van der Waals surface area contributed by atoms with Crippen LogP contribution in [0.1, 0.15) is 12.8 Å². The summed E-state index contributed by atoms with van der Waals surface area (Å²) in [6.07, 6.45) is -2.51. The molecule has 1 N–H and O–H groups in total. The number of rotatable bonds is 6. The molecule has 0 unspecified atom stereocenters. The van der Waals surface area contributed by atoms with Gasteiger partial charge in [0.2, 0.25) is 5.91 Å². The normalized spacial score (nSPS) is 18.6. The van der Waals surface area contributed by atoms with Crippen LogP contribution in [0.4, 0.5) is 17.6 Å². The highest BCUT2D eigenvalue weighted by atomic mass is 19.3. The van der Waals surface area contributed by atoms with Gasteiger partial charge in [-0.3, -0.25) is 9.69 Å². The molecule has 1 amide bonds. The Labute approximate surface area is 116 Å². The number of carbonyl (C=O) groups excluding carboxylic acids is 1. The summed E-state index contributed by atoms with van der Waals surface area (Å²) >= 11 is 0. The first-order valence-electron chi connectivity index (χ1n) is 6.54. The van der Waals surface area contributed by atoms with E-state index >= 15 is 0 Å². The maximum atomic E-state index is 12.8. The molecular weight excluding hydrogens is 278 g/mol. The van der Waals surface area contributed by atoms with E-state index in [1.54, 1.807) is 14.1 Å². The molecule has 0 saturated carbocycles. The van der Waals surface area contributed by atoms with Crippen LogP contribution in [0.5, 0.6) is 0 Å². The number of hydrogen-bond acceptors (Lipinski definition) is 3. The van der Waals surface area contributed by atoms with Gasteiger partial charge < -0.3 is 10.2 Å². The Balaban J connectivity index is 2.27. The predicted octanol–water partition coefficient (Wildman–Crippen LogP) is 1.03. The summed E-state index contributed by atoms with van der Waals surface area (Å²) < 4.78 is 49.5. The van der Waals surface area contributed by atoms with Crippen molar-refractivity contribution in [1.82, 2.24) is 15.1 Å². The second-order valence-corrected chi connectivity index (χ2v) is 5.28. The molecule has 1 fully saturated rings. The molecule has 1 aliphatic heterocycles. The van der Waals surface area contributed by atoms with Gasteiger partial charge in [0.25, 0.3) is 0 Å². The molecule has 1 rings (SSSR count). The van der Waals surface area contributed by atoms with Crippen LogP contribution in [0.15, 0.2) is 0 Å². The number of likely N-dealkylation sites (tertiary alicyclic amines) is 1. The van der Waals surface area contributed by atoms with Crippen LogP contribution in [0, 0.1) is 0 Å². The van der Waals surface area contributed by atoms with Crippen molar-refractivity contribution in [3.05, 3.63) is 0 Å². The van der Waals surface area contributed by atoms with Gasteiger partial charge >= 0.3 is 12.3 Å². The highest BCUT2D eigenvalue weighted by molar-refractivity contribution is 5.77. The number of alkyl halides is 4. The fourth-order valence-corrected chi connectivity index (χ4v) is 1.99. The fourth-order valence-electron chi connectivity index (χ4n) is 1.99. The van der Waals surface area contributed by atoms with Crippen molar-refractivity contribution in [2.75, 3.05) is 40.3 Å². The van der Waals surface area contributed by atoms with E-state index in [-0.39, 0.29) is 11.9 Å². The van der Waals surface area contributed by atoms with Crippen molar-refractivity contribution >= 4 is 5.91 Å². The summed E-state index contributed by atoms with van der Waals surface area (Å²) in [6.45, 7) is 0.480. The van der Waals surface area contributed by atoms with Crippen molar-refractivity contribution in [1.29, 1.82) is 0 Å². The van der Waals surface area contributed by atoms with Crippen LogP contribution >= 0.6 is 0 Å². The lowest BCUT2D eigenvalue weighted by Crippen LogP contribution is -2.49. The van der Waals surface area contributed by atoms with Crippen molar-refractivity contribution in [3.8, 4) is 0 Å². The molecule has 1 heterocycles. The molecule has 0 aromatic rings. The Bertz CT molecular complexity index is 318. The molecule has 0 radical (unpaired) electrons. The summed E-state index contributed by atoms with van der Waals surface area (Å²) in [5.41, 5.74) is 0. The maximum Gasteiger partial charge on any atom is 0.319 e. The zero-order valence-corrected chi connectivity index (χ0v) is 11.7. The van der Waals surface area contributed by atoms with Crippen LogP contribution in [0.25, 0.3) is 0 Å². The molecule has 0 spiro atoms. The number of amides is 1. The predicted molar refractivity (Wildman–Crippen MR) is 67.1 cm³/mol. The number of halogens is 4. The third-order valence-electron chi connectivity index (χ3n) is 3.39. The minimum atomic E-state index is -3.99. The molecule has 0 aromatic carbocycles. The average molecular weight is 299 g/mol. The van der Waals surface area contributed by atoms with E-state index in [0.717, 1.165) is 0 Å². The van der Waals surface area contributed by atoms with Gasteiger partial charge in [-0.05, 0) is 12.8 Å². The average Bonchev–Trinajstić information content (AvgIpc) is 2.37. The van der Waals surface area contributed by atoms with Gasteiger partial charge in [0.05, 0.1) is 13.1 Å². The third-order valence-corrected chi connectivity index (χ3v) is 3.39. The molecule has 4 nitrogen and oxygen atoms in total. The van der Waals surface area contributed by atoms with E-state index in [2.05, 4.69) is 5.32 Å². The smallest absolute Gasteiger partial charge is 0.319 e. The summed E-state index contributed by atoms with van der Waals surface area (Å²) in [4.78, 5) is 14.9. The molecule has 1 saturated heterocycles. The summed E-state index contributed by atoms with van der Waals surface area (Å²) in [5, 5.41) is 2.49. The summed E-state index contributed by atoms with van der Waals surface area (Å²) in [7, 11) is 3.34. The Morgan fingerprint density at radius 2 is 1.90 bits per heavy atom. The molecule has 0 aliphatic carbocycles. The van der Waals surface area contributed by atoms with Gasteiger partial charge in [-0.1, -0.05) is 0 Å². The van der Waals surface area contributed by atoms with Crippen molar-refractivity contribution in [2.24, 2.45) is 0 Å². The second kappa shape index (κ2) is 7.21. The standard InChI is InChI=1S/C12H21F4N3O/c1-18(2)10(20)7-19-5-3-9(4-6-19)17-8-12(15,16)11(13)14/h9,11,17H,3-8H2,1-2H3. The zero-order valence-electron chi connectivity index (χ0n) is 11.7. The van der Waals surface area contributed by atoms with Crippen LogP contribution in [0.2, 0.25) is 0 Å². The van der Waals surface area contributed by atoms with Crippen LogP contribution in [-0.4, -0.2) is 74.4 Å². The Morgan fingerprint density at radius 1 is 1.35 bits per heavy atom. The van der Waals surface area contributed by atoms with Gasteiger partial charge in [0.15, 0.2) is 0 Å². The van der Waals surface area contributed by atoms with E-state index in [4.69, 9.17) is 0 Å². The monoisotopic (exact) mass is 299 g/mol. The number of likely N-dealkylation sites (N-methyl/N-ethyl adjacent to an activating group) is 1. The first-order chi connectivity index (χ1) is 9.22. The largest absolute Gasteiger partial charge is 0.348 e. The molecule has 8 heteroatoms. The summed E-state index contributed by atoms with van der Waals surface area (Å²) in [5.74, 6) is -4.00. The van der Waals surface area contributed by atoms with Gasteiger partial charge in [0.1, 0.15) is 0 Å². The third kappa shape index (κ3) is 5.24. The zero-order chi connectivity index (χ0) is 15.3. The van der Waals surface area contributed by atoms with Gasteiger partial charge in [-0.15, -0.1) is 0 Å². The number of nitrogens with zero attached hydrogens (tertiary/aromatic N) is 2. The number of nitrogens with one attached hydrogen (secondary N) is 1. The van der Waals surface area contributed by atoms with Crippen LogP contribution in [-0.2, 0) is 4.79 Å². The van der Waals surface area contributed by atoms with Crippen molar-refractivity contribution < 1.29 is 22.4 Å². The van der Waals surface area contributed by atoms with E-state index in [1.807, 2.05) is 4.90 Å².